The first-order chi connectivity index (χ1) is 5.25. The highest BCUT2D eigenvalue weighted by atomic mass is 127. The van der Waals surface area contributed by atoms with Gasteiger partial charge in [-0.05, 0) is 12.8 Å². The number of carbonyl (C=O) groups excluding carboxylic acids is 1. The molecule has 0 aromatic rings. The number of likely N-dealkylation sites (tertiary alicyclic amines) is 1. The molecule has 0 aromatic heterocycles. The first kappa shape index (κ1) is 9.03. The molecule has 1 unspecified atom stereocenters. The molecule has 0 spiro atoms. The van der Waals surface area contributed by atoms with E-state index in [4.69, 9.17) is 0 Å². The van der Waals surface area contributed by atoms with Crippen molar-refractivity contribution in [3.8, 4) is 0 Å². The molecule has 1 saturated heterocycles. The van der Waals surface area contributed by atoms with Crippen LogP contribution in [0.5, 0.6) is 0 Å². The van der Waals surface area contributed by atoms with Gasteiger partial charge in [0, 0.05) is 13.1 Å². The predicted octanol–water partition coefficient (Wildman–Crippen LogP) is 1.60. The third kappa shape index (κ3) is 2.18. The molecule has 2 nitrogen and oxygen atoms in total. The Kier molecular flexibility index (Phi) is 3.36. The summed E-state index contributed by atoms with van der Waals surface area (Å²) in [6.07, 6.45) is 3.95. The Balaban J connectivity index is 2.51. The lowest BCUT2D eigenvalue weighted by Gasteiger charge is -2.28. The summed E-state index contributed by atoms with van der Waals surface area (Å²) in [5, 5.41) is 0. The summed E-state index contributed by atoms with van der Waals surface area (Å²) < 4.78 is 0.196. The molecule has 1 amide bonds. The minimum Gasteiger partial charge on any atom is -0.338 e. The quantitative estimate of drug-likeness (QED) is 0.422. The molecular weight excluding hydrogens is 253 g/mol. The number of hydrogen-bond donors (Lipinski definition) is 0. The van der Waals surface area contributed by atoms with E-state index in [1.54, 1.807) is 6.08 Å². The summed E-state index contributed by atoms with van der Waals surface area (Å²) in [6, 6.07) is 0. The molecule has 11 heavy (non-hydrogen) atoms. The van der Waals surface area contributed by atoms with Gasteiger partial charge in [-0.15, -0.1) is 6.58 Å². The molecule has 1 atom stereocenters. The van der Waals surface area contributed by atoms with Crippen molar-refractivity contribution in [3.05, 3.63) is 12.7 Å². The van der Waals surface area contributed by atoms with Crippen molar-refractivity contribution in [2.24, 2.45) is 0 Å². The summed E-state index contributed by atoms with van der Waals surface area (Å²) in [6.45, 7) is 5.23. The second kappa shape index (κ2) is 4.09. The van der Waals surface area contributed by atoms with Crippen LogP contribution in [0.3, 0.4) is 0 Å². The summed E-state index contributed by atoms with van der Waals surface area (Å²) in [7, 11) is 0. The summed E-state index contributed by atoms with van der Waals surface area (Å²) >= 11 is 2.21. The van der Waals surface area contributed by atoms with Crippen LogP contribution in [-0.2, 0) is 4.79 Å². The van der Waals surface area contributed by atoms with E-state index in [0.29, 0.717) is 6.54 Å². The summed E-state index contributed by atoms with van der Waals surface area (Å²) in [5.41, 5.74) is 0. The van der Waals surface area contributed by atoms with Crippen LogP contribution in [-0.4, -0.2) is 27.8 Å². The van der Waals surface area contributed by atoms with Gasteiger partial charge < -0.3 is 4.90 Å². The molecule has 1 heterocycles. The lowest BCUT2D eigenvalue weighted by atomic mass is 10.1. The average Bonchev–Trinajstić information content (AvgIpc) is 1.99. The molecule has 0 saturated carbocycles. The number of amides is 1. The van der Waals surface area contributed by atoms with Crippen LogP contribution in [0, 0.1) is 0 Å². The van der Waals surface area contributed by atoms with Gasteiger partial charge in [0.05, 0.1) is 3.92 Å². The molecule has 1 aliphatic heterocycles. The predicted molar refractivity (Wildman–Crippen MR) is 53.8 cm³/mol. The minimum absolute atomic E-state index is 0.196. The Labute approximate surface area is 80.8 Å². The standard InChI is InChI=1S/C8H12INO/c1-2-5-10-6-3-4-7(9)8(10)11/h2,7H,1,3-6H2. The molecule has 0 bridgehead atoms. The largest absolute Gasteiger partial charge is 0.338 e. The Morgan fingerprint density at radius 2 is 2.55 bits per heavy atom. The van der Waals surface area contributed by atoms with Gasteiger partial charge in [0.25, 0.3) is 0 Å². The van der Waals surface area contributed by atoms with Crippen LogP contribution in [0.1, 0.15) is 12.8 Å². The number of carbonyl (C=O) groups is 1. The molecule has 3 heteroatoms. The van der Waals surface area contributed by atoms with Gasteiger partial charge >= 0.3 is 0 Å². The zero-order valence-electron chi connectivity index (χ0n) is 6.42. The van der Waals surface area contributed by atoms with E-state index in [9.17, 15) is 4.79 Å². The Morgan fingerprint density at radius 3 is 3.18 bits per heavy atom. The number of halogens is 1. The molecular formula is C8H12INO. The summed E-state index contributed by atoms with van der Waals surface area (Å²) in [5.74, 6) is 0.275. The maximum atomic E-state index is 11.4. The fourth-order valence-corrected chi connectivity index (χ4v) is 2.06. The Morgan fingerprint density at radius 1 is 1.82 bits per heavy atom. The Bertz CT molecular complexity index is 169. The maximum Gasteiger partial charge on any atom is 0.235 e. The van der Waals surface area contributed by atoms with Crippen molar-refractivity contribution >= 4 is 28.5 Å². The van der Waals surface area contributed by atoms with E-state index in [2.05, 4.69) is 29.2 Å². The second-order valence-corrected chi connectivity index (χ2v) is 4.19. The van der Waals surface area contributed by atoms with Crippen LogP contribution >= 0.6 is 22.6 Å². The van der Waals surface area contributed by atoms with Gasteiger partial charge in [0.2, 0.25) is 5.91 Å². The highest BCUT2D eigenvalue weighted by Gasteiger charge is 2.24. The number of piperidine rings is 1. The van der Waals surface area contributed by atoms with E-state index in [1.165, 1.54) is 0 Å². The van der Waals surface area contributed by atoms with Crippen LogP contribution in [0.4, 0.5) is 0 Å². The first-order valence-corrected chi connectivity index (χ1v) is 5.04. The number of alkyl halides is 1. The van der Waals surface area contributed by atoms with E-state index < -0.39 is 0 Å². The zero-order chi connectivity index (χ0) is 8.27. The van der Waals surface area contributed by atoms with Crippen molar-refractivity contribution in [1.82, 2.24) is 4.90 Å². The van der Waals surface area contributed by atoms with E-state index in [-0.39, 0.29) is 9.83 Å². The molecule has 0 aliphatic carbocycles. The van der Waals surface area contributed by atoms with Crippen molar-refractivity contribution in [2.75, 3.05) is 13.1 Å². The molecule has 1 aliphatic rings. The smallest absolute Gasteiger partial charge is 0.235 e. The third-order valence-electron chi connectivity index (χ3n) is 1.81. The van der Waals surface area contributed by atoms with Crippen molar-refractivity contribution in [3.63, 3.8) is 0 Å². The van der Waals surface area contributed by atoms with Gasteiger partial charge in [0.15, 0.2) is 0 Å². The van der Waals surface area contributed by atoms with Crippen LogP contribution in [0.2, 0.25) is 0 Å². The molecule has 0 radical (unpaired) electrons. The van der Waals surface area contributed by atoms with Gasteiger partial charge in [-0.1, -0.05) is 28.7 Å². The fraction of sp³-hybridized carbons (Fsp3) is 0.625. The lowest BCUT2D eigenvalue weighted by molar-refractivity contribution is -0.131. The monoisotopic (exact) mass is 265 g/mol. The second-order valence-electron chi connectivity index (χ2n) is 2.68. The van der Waals surface area contributed by atoms with E-state index in [1.807, 2.05) is 4.90 Å². The number of rotatable bonds is 2. The SMILES string of the molecule is C=CCN1CCCC(I)C1=O. The average molecular weight is 265 g/mol. The highest BCUT2D eigenvalue weighted by molar-refractivity contribution is 14.1. The van der Waals surface area contributed by atoms with E-state index >= 15 is 0 Å². The van der Waals surface area contributed by atoms with Gasteiger partial charge in [0.1, 0.15) is 0 Å². The van der Waals surface area contributed by atoms with Crippen LogP contribution in [0.25, 0.3) is 0 Å². The fourth-order valence-electron chi connectivity index (χ4n) is 1.23. The van der Waals surface area contributed by atoms with Gasteiger partial charge in [-0.25, -0.2) is 0 Å². The minimum atomic E-state index is 0.196. The van der Waals surface area contributed by atoms with Crippen molar-refractivity contribution in [2.45, 2.75) is 16.8 Å². The van der Waals surface area contributed by atoms with Crippen molar-refractivity contribution in [1.29, 1.82) is 0 Å². The number of nitrogens with zero attached hydrogens (tertiary/aromatic N) is 1. The Hall–Kier alpha value is -0.0600. The number of hydrogen-bond acceptors (Lipinski definition) is 1. The van der Waals surface area contributed by atoms with Crippen LogP contribution < -0.4 is 0 Å². The van der Waals surface area contributed by atoms with Gasteiger partial charge in [-0.3, -0.25) is 4.79 Å². The normalized spacial score (nSPS) is 25.4. The highest BCUT2D eigenvalue weighted by Crippen LogP contribution is 2.18. The molecule has 1 rings (SSSR count). The molecule has 1 fully saturated rings. The first-order valence-electron chi connectivity index (χ1n) is 3.79. The van der Waals surface area contributed by atoms with Crippen molar-refractivity contribution < 1.29 is 4.79 Å². The van der Waals surface area contributed by atoms with Crippen LogP contribution in [0.15, 0.2) is 12.7 Å². The lowest BCUT2D eigenvalue weighted by Crippen LogP contribution is -2.41. The zero-order valence-corrected chi connectivity index (χ0v) is 8.58. The van der Waals surface area contributed by atoms with Gasteiger partial charge in [-0.2, -0.15) is 0 Å². The summed E-state index contributed by atoms with van der Waals surface area (Å²) in [4.78, 5) is 13.3. The van der Waals surface area contributed by atoms with E-state index in [0.717, 1.165) is 19.4 Å². The molecule has 0 N–H and O–H groups in total. The molecule has 0 aromatic carbocycles. The maximum absolute atomic E-state index is 11.4. The topological polar surface area (TPSA) is 20.3 Å². The molecule has 62 valence electrons. The third-order valence-corrected chi connectivity index (χ3v) is 2.97.